The van der Waals surface area contributed by atoms with Gasteiger partial charge in [0.05, 0.1) is 14.2 Å². The van der Waals surface area contributed by atoms with E-state index in [0.29, 0.717) is 29.4 Å². The Morgan fingerprint density at radius 2 is 1.85 bits per heavy atom. The van der Waals surface area contributed by atoms with Gasteiger partial charge in [-0.15, -0.1) is 0 Å². The highest BCUT2D eigenvalue weighted by Gasteiger charge is 2.15. The third kappa shape index (κ3) is 4.55. The van der Waals surface area contributed by atoms with Crippen molar-refractivity contribution in [3.63, 3.8) is 0 Å². The standard InChI is InChI=1S/C17H26O3/c1-5-7-8-13(6-2)11-15(18)14-9-10-16(19-3)17(12-14)20-4/h9-10,12-13H,5-8,11H2,1-4H3. The number of ketones is 1. The van der Waals surface area contributed by atoms with Crippen LogP contribution in [0, 0.1) is 5.92 Å². The maximum atomic E-state index is 12.3. The molecular formula is C17H26O3. The van der Waals surface area contributed by atoms with E-state index in [2.05, 4.69) is 13.8 Å². The summed E-state index contributed by atoms with van der Waals surface area (Å²) in [5.41, 5.74) is 0.706. The normalized spacial score (nSPS) is 12.0. The first kappa shape index (κ1) is 16.5. The van der Waals surface area contributed by atoms with Crippen LogP contribution in [-0.2, 0) is 0 Å². The maximum Gasteiger partial charge on any atom is 0.163 e. The average molecular weight is 278 g/mol. The van der Waals surface area contributed by atoms with Crippen LogP contribution < -0.4 is 9.47 Å². The number of carbonyl (C=O) groups is 1. The quantitative estimate of drug-likeness (QED) is 0.624. The Morgan fingerprint density at radius 1 is 1.15 bits per heavy atom. The van der Waals surface area contributed by atoms with Gasteiger partial charge in [0, 0.05) is 12.0 Å². The molecule has 0 bridgehead atoms. The van der Waals surface area contributed by atoms with E-state index < -0.39 is 0 Å². The Balaban J connectivity index is 2.76. The molecule has 112 valence electrons. The fraction of sp³-hybridized carbons (Fsp3) is 0.588. The van der Waals surface area contributed by atoms with E-state index in [1.54, 1.807) is 26.4 Å². The molecule has 0 aliphatic heterocycles. The van der Waals surface area contributed by atoms with Gasteiger partial charge in [-0.05, 0) is 24.1 Å². The van der Waals surface area contributed by atoms with Crippen LogP contribution in [0.3, 0.4) is 0 Å². The van der Waals surface area contributed by atoms with E-state index in [4.69, 9.17) is 9.47 Å². The minimum absolute atomic E-state index is 0.189. The Hall–Kier alpha value is -1.51. The molecular weight excluding hydrogens is 252 g/mol. The molecule has 0 radical (unpaired) electrons. The van der Waals surface area contributed by atoms with Crippen molar-refractivity contribution in [2.75, 3.05) is 14.2 Å². The van der Waals surface area contributed by atoms with Gasteiger partial charge < -0.3 is 9.47 Å². The highest BCUT2D eigenvalue weighted by atomic mass is 16.5. The lowest BCUT2D eigenvalue weighted by Gasteiger charge is -2.14. The first-order valence-corrected chi connectivity index (χ1v) is 7.41. The SMILES string of the molecule is CCCCC(CC)CC(=O)c1ccc(OC)c(OC)c1. The number of Topliss-reactive ketones (excluding diaryl/α,β-unsaturated/α-hetero) is 1. The molecule has 0 fully saturated rings. The molecule has 1 rings (SSSR count). The van der Waals surface area contributed by atoms with E-state index in [1.165, 1.54) is 12.8 Å². The predicted octanol–water partition coefficient (Wildman–Crippen LogP) is 4.49. The summed E-state index contributed by atoms with van der Waals surface area (Å²) in [5, 5.41) is 0. The number of unbranched alkanes of at least 4 members (excludes halogenated alkanes) is 1. The number of rotatable bonds is 9. The van der Waals surface area contributed by atoms with Gasteiger partial charge in [0.2, 0.25) is 0 Å². The number of hydrogen-bond donors (Lipinski definition) is 0. The van der Waals surface area contributed by atoms with Gasteiger partial charge in [-0.3, -0.25) is 4.79 Å². The maximum absolute atomic E-state index is 12.3. The number of hydrogen-bond acceptors (Lipinski definition) is 3. The van der Waals surface area contributed by atoms with E-state index >= 15 is 0 Å². The van der Waals surface area contributed by atoms with Crippen LogP contribution in [0.5, 0.6) is 11.5 Å². The van der Waals surface area contributed by atoms with E-state index in [-0.39, 0.29) is 5.78 Å². The lowest BCUT2D eigenvalue weighted by Crippen LogP contribution is -2.08. The fourth-order valence-electron chi connectivity index (χ4n) is 2.33. The first-order valence-electron chi connectivity index (χ1n) is 7.41. The smallest absolute Gasteiger partial charge is 0.163 e. The molecule has 3 nitrogen and oxygen atoms in total. The van der Waals surface area contributed by atoms with Gasteiger partial charge >= 0.3 is 0 Å². The molecule has 0 aliphatic rings. The van der Waals surface area contributed by atoms with Crippen molar-refractivity contribution >= 4 is 5.78 Å². The van der Waals surface area contributed by atoms with Crippen molar-refractivity contribution in [1.82, 2.24) is 0 Å². The van der Waals surface area contributed by atoms with E-state index in [1.807, 2.05) is 6.07 Å². The van der Waals surface area contributed by atoms with Crippen LogP contribution in [0.1, 0.15) is 56.3 Å². The molecule has 0 saturated heterocycles. The van der Waals surface area contributed by atoms with Crippen LogP contribution in [0.2, 0.25) is 0 Å². The van der Waals surface area contributed by atoms with Crippen LogP contribution in [-0.4, -0.2) is 20.0 Å². The van der Waals surface area contributed by atoms with Crippen molar-refractivity contribution in [1.29, 1.82) is 0 Å². The zero-order chi connectivity index (χ0) is 15.0. The molecule has 1 aromatic rings. The zero-order valence-electron chi connectivity index (χ0n) is 13.1. The third-order valence-electron chi connectivity index (χ3n) is 3.72. The van der Waals surface area contributed by atoms with Crippen molar-refractivity contribution in [2.24, 2.45) is 5.92 Å². The van der Waals surface area contributed by atoms with Gasteiger partial charge in [0.15, 0.2) is 17.3 Å². The van der Waals surface area contributed by atoms with Crippen molar-refractivity contribution in [3.8, 4) is 11.5 Å². The van der Waals surface area contributed by atoms with Gasteiger partial charge in [0.1, 0.15) is 0 Å². The predicted molar refractivity (Wildman–Crippen MR) is 81.8 cm³/mol. The van der Waals surface area contributed by atoms with Gasteiger partial charge in [-0.1, -0.05) is 39.5 Å². The summed E-state index contributed by atoms with van der Waals surface area (Å²) in [4.78, 5) is 12.3. The number of carbonyl (C=O) groups excluding carboxylic acids is 1. The molecule has 1 aromatic carbocycles. The molecule has 0 spiro atoms. The second-order valence-corrected chi connectivity index (χ2v) is 5.11. The molecule has 0 saturated carbocycles. The summed E-state index contributed by atoms with van der Waals surface area (Å²) in [6, 6.07) is 5.38. The van der Waals surface area contributed by atoms with Crippen LogP contribution >= 0.6 is 0 Å². The minimum Gasteiger partial charge on any atom is -0.493 e. The highest BCUT2D eigenvalue weighted by molar-refractivity contribution is 5.96. The van der Waals surface area contributed by atoms with Crippen molar-refractivity contribution in [2.45, 2.75) is 46.0 Å². The Labute approximate surface area is 122 Å². The molecule has 0 heterocycles. The topological polar surface area (TPSA) is 35.5 Å². The number of benzene rings is 1. The number of ether oxygens (including phenoxy) is 2. The van der Waals surface area contributed by atoms with Gasteiger partial charge in [-0.2, -0.15) is 0 Å². The summed E-state index contributed by atoms with van der Waals surface area (Å²) in [5.74, 6) is 1.94. The molecule has 3 heteroatoms. The summed E-state index contributed by atoms with van der Waals surface area (Å²) >= 11 is 0. The largest absolute Gasteiger partial charge is 0.493 e. The van der Waals surface area contributed by atoms with Crippen LogP contribution in [0.25, 0.3) is 0 Å². The van der Waals surface area contributed by atoms with E-state index in [0.717, 1.165) is 12.8 Å². The lowest BCUT2D eigenvalue weighted by atomic mass is 9.91. The Bertz CT molecular complexity index is 426. The van der Waals surface area contributed by atoms with Crippen molar-refractivity contribution < 1.29 is 14.3 Å². The zero-order valence-corrected chi connectivity index (χ0v) is 13.1. The Morgan fingerprint density at radius 3 is 2.40 bits per heavy atom. The summed E-state index contributed by atoms with van der Waals surface area (Å²) in [6.45, 7) is 4.34. The lowest BCUT2D eigenvalue weighted by molar-refractivity contribution is 0.0956. The molecule has 0 aromatic heterocycles. The summed E-state index contributed by atoms with van der Waals surface area (Å²) < 4.78 is 10.4. The Kier molecular flexibility index (Phi) is 7.13. The van der Waals surface area contributed by atoms with Crippen molar-refractivity contribution in [3.05, 3.63) is 23.8 Å². The molecule has 0 N–H and O–H groups in total. The van der Waals surface area contributed by atoms with Crippen LogP contribution in [0.15, 0.2) is 18.2 Å². The molecule has 0 amide bonds. The second-order valence-electron chi connectivity index (χ2n) is 5.11. The van der Waals surface area contributed by atoms with Gasteiger partial charge in [-0.25, -0.2) is 0 Å². The third-order valence-corrected chi connectivity index (χ3v) is 3.72. The molecule has 0 aliphatic carbocycles. The summed E-state index contributed by atoms with van der Waals surface area (Å²) in [7, 11) is 3.18. The van der Waals surface area contributed by atoms with Crippen LogP contribution in [0.4, 0.5) is 0 Å². The summed E-state index contributed by atoms with van der Waals surface area (Å²) in [6.07, 6.45) is 5.18. The average Bonchev–Trinajstić information content (AvgIpc) is 2.50. The first-order chi connectivity index (χ1) is 9.65. The second kappa shape index (κ2) is 8.62. The minimum atomic E-state index is 0.189. The molecule has 20 heavy (non-hydrogen) atoms. The van der Waals surface area contributed by atoms with E-state index in [9.17, 15) is 4.79 Å². The molecule has 1 atom stereocenters. The molecule has 1 unspecified atom stereocenters. The number of methoxy groups -OCH3 is 2. The monoisotopic (exact) mass is 278 g/mol. The fourth-order valence-corrected chi connectivity index (χ4v) is 2.33. The highest BCUT2D eigenvalue weighted by Crippen LogP contribution is 2.29. The van der Waals surface area contributed by atoms with Gasteiger partial charge in [0.25, 0.3) is 0 Å².